The number of rotatable bonds is 9. The number of nitro benzene ring substituents is 1. The van der Waals surface area contributed by atoms with Crippen molar-refractivity contribution in [1.82, 2.24) is 14.9 Å². The van der Waals surface area contributed by atoms with Gasteiger partial charge in [-0.15, -0.1) is 11.3 Å². The Balaban J connectivity index is 1.57. The number of allylic oxidation sites excluding steroid dienone is 1. The van der Waals surface area contributed by atoms with Crippen LogP contribution < -0.4 is 15.0 Å². The Bertz CT molecular complexity index is 1550. The Morgan fingerprint density at radius 1 is 1.13 bits per heavy atom. The van der Waals surface area contributed by atoms with Crippen molar-refractivity contribution in [2.24, 2.45) is 0 Å². The number of likely N-dealkylation sites (N-methyl/N-ethyl adjacent to an activating group) is 2. The number of nitro groups is 1. The summed E-state index contributed by atoms with van der Waals surface area (Å²) < 4.78 is 6.68. The van der Waals surface area contributed by atoms with E-state index >= 15 is 0 Å². The lowest BCUT2D eigenvalue weighted by Gasteiger charge is -2.23. The van der Waals surface area contributed by atoms with Crippen molar-refractivity contribution in [3.63, 3.8) is 0 Å². The van der Waals surface area contributed by atoms with Crippen molar-refractivity contribution in [2.75, 3.05) is 51.6 Å². The molecule has 0 atom stereocenters. The van der Waals surface area contributed by atoms with Gasteiger partial charge in [0, 0.05) is 37.8 Å². The number of benzene rings is 2. The van der Waals surface area contributed by atoms with Crippen LogP contribution in [0.15, 0.2) is 53.9 Å². The zero-order valence-corrected chi connectivity index (χ0v) is 23.4. The summed E-state index contributed by atoms with van der Waals surface area (Å²) in [5.41, 5.74) is 6.18. The van der Waals surface area contributed by atoms with Gasteiger partial charge in [-0.1, -0.05) is 30.3 Å². The Hall–Kier alpha value is -4.02. The van der Waals surface area contributed by atoms with Crippen molar-refractivity contribution in [3.8, 4) is 5.75 Å². The molecule has 0 saturated heterocycles. The lowest BCUT2D eigenvalue weighted by Crippen LogP contribution is -2.28. The molecule has 5 rings (SSSR count). The predicted octanol–water partition coefficient (Wildman–Crippen LogP) is 6.12. The van der Waals surface area contributed by atoms with Crippen LogP contribution in [0.2, 0.25) is 0 Å². The van der Waals surface area contributed by atoms with E-state index in [2.05, 4.69) is 35.7 Å². The maximum Gasteiger partial charge on any atom is 0.294 e. The minimum atomic E-state index is -0.367. The van der Waals surface area contributed by atoms with Crippen LogP contribution in [0.3, 0.4) is 0 Å². The molecule has 0 radical (unpaired) electrons. The van der Waals surface area contributed by atoms with Gasteiger partial charge in [0.1, 0.15) is 11.4 Å². The number of thiophene rings is 1. The number of nitrogens with one attached hydrogen (secondary N) is 1. The maximum absolute atomic E-state index is 12.1. The van der Waals surface area contributed by atoms with E-state index in [9.17, 15) is 10.1 Å². The van der Waals surface area contributed by atoms with Crippen LogP contribution in [-0.4, -0.2) is 61.1 Å². The third kappa shape index (κ3) is 5.57. The van der Waals surface area contributed by atoms with E-state index in [4.69, 9.17) is 14.7 Å². The second kappa shape index (κ2) is 11.4. The number of hydrogen-bond donors (Lipinski definition) is 1. The highest BCUT2D eigenvalue weighted by Gasteiger charge is 2.24. The zero-order chi connectivity index (χ0) is 27.5. The molecule has 4 aromatic rings. The van der Waals surface area contributed by atoms with Gasteiger partial charge in [-0.05, 0) is 55.9 Å². The summed E-state index contributed by atoms with van der Waals surface area (Å²) in [6.45, 7) is 1.38. The van der Waals surface area contributed by atoms with Crippen LogP contribution in [0.4, 0.5) is 23.0 Å². The summed E-state index contributed by atoms with van der Waals surface area (Å²) >= 11 is 1.61. The first kappa shape index (κ1) is 26.6. The summed E-state index contributed by atoms with van der Waals surface area (Å²) in [5, 5.41) is 17.3. The fraction of sp³-hybridized carbons (Fsp3) is 0.310. The van der Waals surface area contributed by atoms with Gasteiger partial charge < -0.3 is 19.9 Å². The lowest BCUT2D eigenvalue weighted by atomic mass is 9.97. The average Bonchev–Trinajstić information content (AvgIpc) is 3.30. The van der Waals surface area contributed by atoms with E-state index in [1.54, 1.807) is 24.5 Å². The molecule has 0 unspecified atom stereocenters. The van der Waals surface area contributed by atoms with Crippen molar-refractivity contribution in [1.29, 1.82) is 0 Å². The smallest absolute Gasteiger partial charge is 0.294 e. The highest BCUT2D eigenvalue weighted by molar-refractivity contribution is 7.17. The number of hydrogen-bond acceptors (Lipinski definition) is 9. The third-order valence-corrected chi connectivity index (χ3v) is 7.81. The highest BCUT2D eigenvalue weighted by Crippen LogP contribution is 2.40. The molecule has 0 spiro atoms. The van der Waals surface area contributed by atoms with Gasteiger partial charge in [-0.3, -0.25) is 10.1 Å². The summed E-state index contributed by atoms with van der Waals surface area (Å²) in [7, 11) is 7.34. The third-order valence-electron chi connectivity index (χ3n) is 6.90. The van der Waals surface area contributed by atoms with Crippen LogP contribution in [-0.2, 0) is 6.42 Å². The van der Waals surface area contributed by atoms with Crippen molar-refractivity contribution >= 4 is 50.1 Å². The number of fused-ring (bicyclic) bond motifs is 2. The SMILES string of the molecule is COc1cc(N(C)CCN(C)C)c([N+](=O)[O-])cc1Nc1nc(C2=CCCCc3ccccc32)c2sccc2n1. The second-order valence-corrected chi connectivity index (χ2v) is 10.8. The molecule has 0 saturated carbocycles. The summed E-state index contributed by atoms with van der Waals surface area (Å²) in [4.78, 5) is 25.3. The number of nitrogens with zero attached hydrogens (tertiary/aromatic N) is 5. The van der Waals surface area contributed by atoms with Crippen molar-refractivity contribution in [3.05, 3.63) is 80.9 Å². The first-order valence-corrected chi connectivity index (χ1v) is 13.8. The molecule has 2 aromatic carbocycles. The van der Waals surface area contributed by atoms with Gasteiger partial charge in [0.05, 0.1) is 33.6 Å². The molecule has 39 heavy (non-hydrogen) atoms. The molecule has 2 aromatic heterocycles. The first-order chi connectivity index (χ1) is 18.9. The number of ether oxygens (including phenoxy) is 1. The molecular weight excluding hydrogens is 512 g/mol. The monoisotopic (exact) mass is 544 g/mol. The number of anilines is 3. The van der Waals surface area contributed by atoms with Crippen molar-refractivity contribution < 1.29 is 9.66 Å². The van der Waals surface area contributed by atoms with Crippen LogP contribution in [0, 0.1) is 10.1 Å². The molecule has 0 amide bonds. The van der Waals surface area contributed by atoms with Crippen LogP contribution in [0.25, 0.3) is 15.8 Å². The fourth-order valence-corrected chi connectivity index (χ4v) is 5.68. The Labute approximate surface area is 231 Å². The molecule has 0 bridgehead atoms. The number of methoxy groups -OCH3 is 1. The molecule has 1 N–H and O–H groups in total. The molecule has 0 fully saturated rings. The molecule has 9 nitrogen and oxygen atoms in total. The number of aromatic nitrogens is 2. The van der Waals surface area contributed by atoms with Crippen LogP contribution in [0.1, 0.15) is 29.7 Å². The fourth-order valence-electron chi connectivity index (χ4n) is 4.84. The van der Waals surface area contributed by atoms with Gasteiger partial charge in [0.15, 0.2) is 0 Å². The summed E-state index contributed by atoms with van der Waals surface area (Å²) in [5.74, 6) is 0.835. The zero-order valence-electron chi connectivity index (χ0n) is 22.6. The van der Waals surface area contributed by atoms with Gasteiger partial charge >= 0.3 is 0 Å². The summed E-state index contributed by atoms with van der Waals surface area (Å²) in [6, 6.07) is 13.6. The quantitative estimate of drug-likeness (QED) is 0.199. The second-order valence-electron chi connectivity index (χ2n) is 9.85. The Morgan fingerprint density at radius 3 is 2.72 bits per heavy atom. The minimum absolute atomic E-state index is 0.0169. The molecular formula is C29H32N6O3S. The molecule has 0 aliphatic heterocycles. The van der Waals surface area contributed by atoms with E-state index in [-0.39, 0.29) is 10.6 Å². The average molecular weight is 545 g/mol. The molecule has 2 heterocycles. The van der Waals surface area contributed by atoms with Crippen LogP contribution in [0.5, 0.6) is 5.75 Å². The highest BCUT2D eigenvalue weighted by atomic mass is 32.1. The van der Waals surface area contributed by atoms with E-state index in [0.717, 1.165) is 47.3 Å². The normalized spacial score (nSPS) is 13.1. The molecule has 10 heteroatoms. The summed E-state index contributed by atoms with van der Waals surface area (Å²) in [6.07, 6.45) is 5.34. The van der Waals surface area contributed by atoms with Crippen LogP contribution >= 0.6 is 11.3 Å². The van der Waals surface area contributed by atoms with E-state index in [1.165, 1.54) is 17.2 Å². The largest absolute Gasteiger partial charge is 0.494 e. The minimum Gasteiger partial charge on any atom is -0.494 e. The van der Waals surface area contributed by atoms with Gasteiger partial charge in [-0.2, -0.15) is 0 Å². The maximum atomic E-state index is 12.1. The predicted molar refractivity (Wildman–Crippen MR) is 159 cm³/mol. The first-order valence-electron chi connectivity index (χ1n) is 12.9. The van der Waals surface area contributed by atoms with E-state index in [1.807, 2.05) is 42.4 Å². The van der Waals surface area contributed by atoms with Crippen molar-refractivity contribution in [2.45, 2.75) is 19.3 Å². The molecule has 1 aliphatic carbocycles. The van der Waals surface area contributed by atoms with E-state index < -0.39 is 0 Å². The number of aryl methyl sites for hydroxylation is 1. The van der Waals surface area contributed by atoms with Gasteiger partial charge in [0.2, 0.25) is 5.95 Å². The standard InChI is InChI=1S/C29H32N6O3S/c1-33(2)14-15-34(3)24-18-26(38-4)23(17-25(24)35(36)37)31-29-30-22-13-16-39-28(22)27(32-29)21-12-8-6-10-19-9-5-7-11-20(19)21/h5,7,9,11-13,16-18H,6,8,10,14-15H2,1-4H3,(H,30,31,32). The molecule has 202 valence electrons. The Morgan fingerprint density at radius 2 is 1.95 bits per heavy atom. The lowest BCUT2D eigenvalue weighted by molar-refractivity contribution is -0.384. The topological polar surface area (TPSA) is 96.7 Å². The van der Waals surface area contributed by atoms with Gasteiger partial charge in [0.25, 0.3) is 5.69 Å². The van der Waals surface area contributed by atoms with E-state index in [0.29, 0.717) is 29.6 Å². The van der Waals surface area contributed by atoms with Gasteiger partial charge in [-0.25, -0.2) is 9.97 Å². The molecule has 1 aliphatic rings. The Kier molecular flexibility index (Phi) is 7.76.